The van der Waals surface area contributed by atoms with Crippen LogP contribution in [0.5, 0.6) is 5.75 Å². The zero-order valence-electron chi connectivity index (χ0n) is 13.9. The molecule has 1 aromatic rings. The van der Waals surface area contributed by atoms with Gasteiger partial charge in [-0.1, -0.05) is 13.0 Å². The first-order chi connectivity index (χ1) is 9.90. The largest absolute Gasteiger partial charge is 0.496 e. The molecular weight excluding hydrogens is 264 g/mol. The van der Waals surface area contributed by atoms with Crippen molar-refractivity contribution >= 4 is 0 Å². The molecule has 118 valence electrons. The maximum Gasteiger partial charge on any atom is 0.124 e. The topological polar surface area (TPSA) is 56.5 Å². The molecular formula is C17H28N2O2. The highest BCUT2D eigenvalue weighted by Crippen LogP contribution is 2.43. The molecule has 0 aliphatic carbocycles. The van der Waals surface area contributed by atoms with Gasteiger partial charge in [0, 0.05) is 11.5 Å². The molecule has 0 amide bonds. The van der Waals surface area contributed by atoms with Crippen LogP contribution in [0.25, 0.3) is 0 Å². The molecule has 0 spiro atoms. The van der Waals surface area contributed by atoms with Gasteiger partial charge < -0.3 is 9.47 Å². The highest BCUT2D eigenvalue weighted by molar-refractivity contribution is 5.45. The molecule has 5 atom stereocenters. The predicted octanol–water partition coefficient (Wildman–Crippen LogP) is 2.88. The summed E-state index contributed by atoms with van der Waals surface area (Å²) < 4.78 is 11.6. The van der Waals surface area contributed by atoms with Gasteiger partial charge in [0.05, 0.1) is 25.4 Å². The van der Waals surface area contributed by atoms with Gasteiger partial charge in [-0.15, -0.1) is 0 Å². The Balaban J connectivity index is 2.47. The third-order valence-corrected chi connectivity index (χ3v) is 4.91. The molecule has 0 bridgehead atoms. The van der Waals surface area contributed by atoms with E-state index in [9.17, 15) is 0 Å². The van der Waals surface area contributed by atoms with Gasteiger partial charge in [-0.2, -0.15) is 0 Å². The molecule has 0 aromatic heterocycles. The van der Waals surface area contributed by atoms with E-state index in [4.69, 9.17) is 15.3 Å². The molecule has 0 radical (unpaired) electrons. The fourth-order valence-corrected chi connectivity index (χ4v) is 3.76. The molecule has 1 aromatic carbocycles. The molecule has 4 nitrogen and oxygen atoms in total. The van der Waals surface area contributed by atoms with E-state index in [-0.39, 0.29) is 18.2 Å². The number of aryl methyl sites for hydroxylation is 2. The average molecular weight is 292 g/mol. The first-order valence-corrected chi connectivity index (χ1v) is 7.67. The Morgan fingerprint density at radius 2 is 1.86 bits per heavy atom. The zero-order chi connectivity index (χ0) is 15.7. The summed E-state index contributed by atoms with van der Waals surface area (Å²) in [6.07, 6.45) is 0.416. The third-order valence-electron chi connectivity index (χ3n) is 4.91. The number of benzene rings is 1. The van der Waals surface area contributed by atoms with Gasteiger partial charge in [-0.25, -0.2) is 0 Å². The van der Waals surface area contributed by atoms with Crippen molar-refractivity contribution in [2.24, 2.45) is 17.7 Å². The zero-order valence-corrected chi connectivity index (χ0v) is 13.9. The van der Waals surface area contributed by atoms with E-state index in [1.807, 2.05) is 0 Å². The first kappa shape index (κ1) is 16.3. The Morgan fingerprint density at radius 3 is 2.33 bits per heavy atom. The summed E-state index contributed by atoms with van der Waals surface area (Å²) in [5.74, 6) is 7.58. The van der Waals surface area contributed by atoms with Crippen molar-refractivity contribution in [2.75, 3.05) is 7.11 Å². The molecule has 0 saturated carbocycles. The van der Waals surface area contributed by atoms with Crippen LogP contribution in [0.3, 0.4) is 0 Å². The van der Waals surface area contributed by atoms with Crippen LogP contribution in [0.1, 0.15) is 43.5 Å². The minimum Gasteiger partial charge on any atom is -0.496 e. The maximum atomic E-state index is 5.99. The van der Waals surface area contributed by atoms with Gasteiger partial charge in [-0.3, -0.25) is 11.3 Å². The molecule has 5 unspecified atom stereocenters. The van der Waals surface area contributed by atoms with Gasteiger partial charge in [0.1, 0.15) is 5.75 Å². The van der Waals surface area contributed by atoms with E-state index >= 15 is 0 Å². The second-order valence-corrected chi connectivity index (χ2v) is 6.32. The summed E-state index contributed by atoms with van der Waals surface area (Å²) in [5.41, 5.74) is 6.56. The van der Waals surface area contributed by atoms with Crippen LogP contribution in [0.15, 0.2) is 12.1 Å². The van der Waals surface area contributed by atoms with Gasteiger partial charge in [0.25, 0.3) is 0 Å². The summed E-state index contributed by atoms with van der Waals surface area (Å²) in [6, 6.07) is 4.27. The van der Waals surface area contributed by atoms with E-state index in [0.717, 1.165) is 11.3 Å². The standard InChI is InChI=1S/C17H28N2O2/c1-9-7-10(2)15(14(8-9)20-6)17(19-18)16-11(3)12(4)21-13(16)5/h7-8,11-13,16-17,19H,18H2,1-6H3. The summed E-state index contributed by atoms with van der Waals surface area (Å²) in [7, 11) is 1.71. The van der Waals surface area contributed by atoms with Crippen LogP contribution in [0, 0.1) is 25.7 Å². The van der Waals surface area contributed by atoms with Gasteiger partial charge in [0.2, 0.25) is 0 Å². The highest BCUT2D eigenvalue weighted by atomic mass is 16.5. The first-order valence-electron chi connectivity index (χ1n) is 7.67. The number of hydrogen-bond donors (Lipinski definition) is 2. The fraction of sp³-hybridized carbons (Fsp3) is 0.647. The van der Waals surface area contributed by atoms with Crippen molar-refractivity contribution in [1.82, 2.24) is 5.43 Å². The van der Waals surface area contributed by atoms with Gasteiger partial charge in [0.15, 0.2) is 0 Å². The van der Waals surface area contributed by atoms with Crippen LogP contribution >= 0.6 is 0 Å². The smallest absolute Gasteiger partial charge is 0.124 e. The van der Waals surface area contributed by atoms with E-state index in [1.54, 1.807) is 7.11 Å². The van der Waals surface area contributed by atoms with Gasteiger partial charge >= 0.3 is 0 Å². The summed E-state index contributed by atoms with van der Waals surface area (Å²) in [6.45, 7) is 10.7. The van der Waals surface area contributed by atoms with Crippen molar-refractivity contribution in [3.63, 3.8) is 0 Å². The second-order valence-electron chi connectivity index (χ2n) is 6.32. The Kier molecular flexibility index (Phi) is 4.91. The molecule has 2 rings (SSSR count). The van der Waals surface area contributed by atoms with Crippen LogP contribution < -0.4 is 16.0 Å². The van der Waals surface area contributed by atoms with Crippen molar-refractivity contribution in [3.8, 4) is 5.75 Å². The maximum absolute atomic E-state index is 5.99. The minimum absolute atomic E-state index is 0.0236. The van der Waals surface area contributed by atoms with Crippen LogP contribution in [0.2, 0.25) is 0 Å². The van der Waals surface area contributed by atoms with E-state index in [0.29, 0.717) is 11.8 Å². The van der Waals surface area contributed by atoms with E-state index < -0.39 is 0 Å². The summed E-state index contributed by atoms with van der Waals surface area (Å²) in [5, 5.41) is 0. The van der Waals surface area contributed by atoms with Crippen molar-refractivity contribution in [2.45, 2.75) is 52.9 Å². The van der Waals surface area contributed by atoms with E-state index in [1.165, 1.54) is 11.1 Å². The molecule has 1 heterocycles. The predicted molar refractivity (Wildman–Crippen MR) is 85.2 cm³/mol. The van der Waals surface area contributed by atoms with E-state index in [2.05, 4.69) is 52.2 Å². The molecule has 4 heteroatoms. The molecule has 1 aliphatic rings. The lowest BCUT2D eigenvalue weighted by molar-refractivity contribution is 0.0474. The number of hydrogen-bond acceptors (Lipinski definition) is 4. The Labute approximate surface area is 128 Å². The molecule has 3 N–H and O–H groups in total. The average Bonchev–Trinajstić information content (AvgIpc) is 2.67. The number of methoxy groups -OCH3 is 1. The highest BCUT2D eigenvalue weighted by Gasteiger charge is 2.43. The SMILES string of the molecule is COc1cc(C)cc(C)c1C(NN)C1C(C)OC(C)C1C. The van der Waals surface area contributed by atoms with Crippen molar-refractivity contribution in [3.05, 3.63) is 28.8 Å². The molecule has 1 aliphatic heterocycles. The molecule has 21 heavy (non-hydrogen) atoms. The normalized spacial score (nSPS) is 30.4. The lowest BCUT2D eigenvalue weighted by Gasteiger charge is -2.31. The molecule has 1 saturated heterocycles. The van der Waals surface area contributed by atoms with Crippen molar-refractivity contribution < 1.29 is 9.47 Å². The number of ether oxygens (including phenoxy) is 2. The van der Waals surface area contributed by atoms with Crippen molar-refractivity contribution in [1.29, 1.82) is 0 Å². The number of nitrogens with one attached hydrogen (secondary N) is 1. The summed E-state index contributed by atoms with van der Waals surface area (Å²) in [4.78, 5) is 0. The Bertz CT molecular complexity index is 504. The summed E-state index contributed by atoms with van der Waals surface area (Å²) >= 11 is 0. The van der Waals surface area contributed by atoms with Crippen LogP contribution in [0.4, 0.5) is 0 Å². The molecule has 1 fully saturated rings. The lowest BCUT2D eigenvalue weighted by atomic mass is 9.79. The minimum atomic E-state index is 0.0236. The second kappa shape index (κ2) is 6.34. The number of rotatable bonds is 4. The number of nitrogens with two attached hydrogens (primary N) is 1. The number of hydrazine groups is 1. The van der Waals surface area contributed by atoms with Crippen LogP contribution in [-0.4, -0.2) is 19.3 Å². The van der Waals surface area contributed by atoms with Crippen LogP contribution in [-0.2, 0) is 4.74 Å². The quantitative estimate of drug-likeness (QED) is 0.662. The lowest BCUT2D eigenvalue weighted by Crippen LogP contribution is -2.39. The third kappa shape index (κ3) is 2.93. The van der Waals surface area contributed by atoms with Gasteiger partial charge in [-0.05, 0) is 50.8 Å². The fourth-order valence-electron chi connectivity index (χ4n) is 3.76. The Morgan fingerprint density at radius 1 is 1.19 bits per heavy atom. The Hall–Kier alpha value is -1.10. The monoisotopic (exact) mass is 292 g/mol.